The molecule has 0 aliphatic carbocycles. The van der Waals surface area contributed by atoms with Gasteiger partial charge >= 0.3 is 6.18 Å². The number of fused-ring (bicyclic) bond motifs is 1. The van der Waals surface area contributed by atoms with Crippen LogP contribution < -0.4 is 0 Å². The minimum Gasteiger partial charge on any atom is -0.342 e. The van der Waals surface area contributed by atoms with Crippen LogP contribution in [-0.2, 0) is 17.4 Å². The van der Waals surface area contributed by atoms with Gasteiger partial charge in [-0.3, -0.25) is 4.79 Å². The first kappa shape index (κ1) is 17.7. The monoisotopic (exact) mass is 354 g/mol. The number of alkyl halides is 3. The Morgan fingerprint density at radius 1 is 1.32 bits per heavy atom. The zero-order valence-electron chi connectivity index (χ0n) is 14.3. The summed E-state index contributed by atoms with van der Waals surface area (Å²) in [6, 6.07) is 2.67. The van der Waals surface area contributed by atoms with Crippen LogP contribution in [0, 0.1) is 0 Å². The smallest absolute Gasteiger partial charge is 0.342 e. The van der Waals surface area contributed by atoms with Crippen molar-refractivity contribution in [2.24, 2.45) is 0 Å². The van der Waals surface area contributed by atoms with Crippen LogP contribution in [0.3, 0.4) is 0 Å². The third kappa shape index (κ3) is 3.48. The highest BCUT2D eigenvalue weighted by molar-refractivity contribution is 5.76. The van der Waals surface area contributed by atoms with Gasteiger partial charge in [-0.15, -0.1) is 0 Å². The van der Waals surface area contributed by atoms with Crippen molar-refractivity contribution in [2.75, 3.05) is 13.1 Å². The second kappa shape index (κ2) is 6.65. The quantitative estimate of drug-likeness (QED) is 0.845. The van der Waals surface area contributed by atoms with E-state index in [1.807, 2.05) is 6.92 Å². The zero-order valence-corrected chi connectivity index (χ0v) is 14.3. The number of rotatable bonds is 4. The maximum Gasteiger partial charge on any atom is 0.433 e. The molecule has 1 fully saturated rings. The third-order valence-electron chi connectivity index (χ3n) is 4.57. The molecular weight excluding hydrogens is 333 g/mol. The van der Waals surface area contributed by atoms with Crippen molar-refractivity contribution in [3.05, 3.63) is 29.2 Å². The number of amides is 1. The zero-order chi connectivity index (χ0) is 18.2. The van der Waals surface area contributed by atoms with E-state index < -0.39 is 11.9 Å². The van der Waals surface area contributed by atoms with Gasteiger partial charge in [0.15, 0.2) is 5.65 Å². The van der Waals surface area contributed by atoms with Gasteiger partial charge in [0.25, 0.3) is 0 Å². The van der Waals surface area contributed by atoms with E-state index in [4.69, 9.17) is 0 Å². The minimum atomic E-state index is -4.49. The second-order valence-electron chi connectivity index (χ2n) is 6.40. The van der Waals surface area contributed by atoms with Gasteiger partial charge in [-0.05, 0) is 25.3 Å². The molecule has 0 unspecified atom stereocenters. The first-order chi connectivity index (χ1) is 11.8. The topological polar surface area (TPSA) is 50.5 Å². The van der Waals surface area contributed by atoms with Crippen molar-refractivity contribution in [2.45, 2.75) is 51.6 Å². The number of likely N-dealkylation sites (tertiary alicyclic amines) is 1. The number of nitrogens with zero attached hydrogens (tertiary/aromatic N) is 4. The van der Waals surface area contributed by atoms with Gasteiger partial charge in [0.1, 0.15) is 5.69 Å². The maximum atomic E-state index is 13.3. The van der Waals surface area contributed by atoms with E-state index in [1.165, 1.54) is 0 Å². The fourth-order valence-corrected chi connectivity index (χ4v) is 3.23. The van der Waals surface area contributed by atoms with Crippen LogP contribution in [0.15, 0.2) is 12.1 Å². The Balaban J connectivity index is 1.93. The first-order valence-electron chi connectivity index (χ1n) is 8.58. The summed E-state index contributed by atoms with van der Waals surface area (Å²) >= 11 is 0. The Morgan fingerprint density at radius 2 is 2.08 bits per heavy atom. The average Bonchev–Trinajstić information content (AvgIpc) is 3.19. The summed E-state index contributed by atoms with van der Waals surface area (Å²) in [5.41, 5.74) is 0.355. The number of aromatic nitrogens is 3. The van der Waals surface area contributed by atoms with Gasteiger partial charge in [-0.1, -0.05) is 13.8 Å². The van der Waals surface area contributed by atoms with Gasteiger partial charge in [0.2, 0.25) is 5.91 Å². The van der Waals surface area contributed by atoms with Crippen molar-refractivity contribution < 1.29 is 18.0 Å². The van der Waals surface area contributed by atoms with Gasteiger partial charge in [-0.2, -0.15) is 18.3 Å². The highest BCUT2D eigenvalue weighted by Gasteiger charge is 2.36. The number of halogens is 3. The molecule has 2 aromatic heterocycles. The molecule has 0 radical (unpaired) electrons. The predicted molar refractivity (Wildman–Crippen MR) is 86.2 cm³/mol. The average molecular weight is 354 g/mol. The molecule has 8 heteroatoms. The summed E-state index contributed by atoms with van der Waals surface area (Å²) in [4.78, 5) is 18.0. The summed E-state index contributed by atoms with van der Waals surface area (Å²) < 4.78 is 40.9. The summed E-state index contributed by atoms with van der Waals surface area (Å²) in [6.45, 7) is 4.84. The van der Waals surface area contributed by atoms with Crippen LogP contribution in [0.2, 0.25) is 0 Å². The normalized spacial score (nSPS) is 18.3. The summed E-state index contributed by atoms with van der Waals surface area (Å²) in [6.07, 6.45) is -2.08. The van der Waals surface area contributed by atoms with Crippen LogP contribution in [0.25, 0.3) is 5.65 Å². The lowest BCUT2D eigenvalue weighted by atomic mass is 10.1. The molecule has 1 amide bonds. The molecule has 0 saturated carbocycles. The van der Waals surface area contributed by atoms with Gasteiger partial charge in [0, 0.05) is 37.2 Å². The van der Waals surface area contributed by atoms with Crippen LogP contribution in [0.1, 0.15) is 56.1 Å². The molecular formula is C17H21F3N4O. The Morgan fingerprint density at radius 3 is 2.72 bits per heavy atom. The lowest BCUT2D eigenvalue weighted by Crippen LogP contribution is -2.28. The number of hydrogen-bond donors (Lipinski definition) is 0. The molecule has 0 N–H and O–H groups in total. The van der Waals surface area contributed by atoms with Gasteiger partial charge < -0.3 is 4.90 Å². The lowest BCUT2D eigenvalue weighted by Gasteiger charge is -2.15. The molecule has 0 spiro atoms. The number of hydrogen-bond acceptors (Lipinski definition) is 3. The predicted octanol–water partition coefficient (Wildman–Crippen LogP) is 3.43. The SMILES string of the molecule is CCCC(=O)N1CC[C@@H](c2cc3nc(CC)cc(C(F)(F)F)n3n2)C1. The largest absolute Gasteiger partial charge is 0.433 e. The molecule has 0 bridgehead atoms. The van der Waals surface area contributed by atoms with Crippen LogP contribution in [0.4, 0.5) is 13.2 Å². The Labute approximate surface area is 143 Å². The fourth-order valence-electron chi connectivity index (χ4n) is 3.23. The summed E-state index contributed by atoms with van der Waals surface area (Å²) in [7, 11) is 0. The van der Waals surface area contributed by atoms with E-state index in [2.05, 4.69) is 10.1 Å². The van der Waals surface area contributed by atoms with Crippen molar-refractivity contribution in [1.29, 1.82) is 0 Å². The molecule has 3 heterocycles. The van der Waals surface area contributed by atoms with E-state index in [-0.39, 0.29) is 17.5 Å². The molecule has 2 aromatic rings. The third-order valence-corrected chi connectivity index (χ3v) is 4.57. The number of carbonyl (C=O) groups excluding carboxylic acids is 1. The Bertz CT molecular complexity index is 784. The maximum absolute atomic E-state index is 13.3. The summed E-state index contributed by atoms with van der Waals surface area (Å²) in [5.74, 6) is 0.0461. The standard InChI is InChI=1S/C17H21F3N4O/c1-3-5-16(25)23-7-6-11(10-23)13-9-15-21-12(4-2)8-14(17(18,19)20)24(15)22-13/h8-9,11H,3-7,10H2,1-2H3/t11-/m1/s1. The molecule has 1 saturated heterocycles. The van der Waals surface area contributed by atoms with Crippen molar-refractivity contribution in [3.63, 3.8) is 0 Å². The van der Waals surface area contributed by atoms with E-state index in [1.54, 1.807) is 17.9 Å². The molecule has 5 nitrogen and oxygen atoms in total. The van der Waals surface area contributed by atoms with Gasteiger partial charge in [-0.25, -0.2) is 9.50 Å². The van der Waals surface area contributed by atoms with Crippen LogP contribution in [0.5, 0.6) is 0 Å². The van der Waals surface area contributed by atoms with E-state index >= 15 is 0 Å². The fraction of sp³-hybridized carbons (Fsp3) is 0.588. The Hall–Kier alpha value is -2.12. The molecule has 1 atom stereocenters. The van der Waals surface area contributed by atoms with Crippen molar-refractivity contribution in [3.8, 4) is 0 Å². The number of aryl methyl sites for hydroxylation is 1. The van der Waals surface area contributed by atoms with Crippen LogP contribution in [-0.4, -0.2) is 38.5 Å². The molecule has 136 valence electrons. The molecule has 3 rings (SSSR count). The highest BCUT2D eigenvalue weighted by Crippen LogP contribution is 2.32. The van der Waals surface area contributed by atoms with Crippen molar-refractivity contribution >= 4 is 11.6 Å². The highest BCUT2D eigenvalue weighted by atomic mass is 19.4. The van der Waals surface area contributed by atoms with E-state index in [0.29, 0.717) is 43.7 Å². The lowest BCUT2D eigenvalue weighted by molar-refractivity contribution is -0.142. The Kier molecular flexibility index (Phi) is 4.71. The van der Waals surface area contributed by atoms with E-state index in [9.17, 15) is 18.0 Å². The molecule has 1 aliphatic rings. The van der Waals surface area contributed by atoms with Gasteiger partial charge in [0.05, 0.1) is 5.69 Å². The molecule has 0 aromatic carbocycles. The van der Waals surface area contributed by atoms with E-state index in [0.717, 1.165) is 17.0 Å². The molecule has 25 heavy (non-hydrogen) atoms. The van der Waals surface area contributed by atoms with Crippen LogP contribution >= 0.6 is 0 Å². The van der Waals surface area contributed by atoms with Crippen molar-refractivity contribution in [1.82, 2.24) is 19.5 Å². The first-order valence-corrected chi connectivity index (χ1v) is 8.58. The number of carbonyl (C=O) groups is 1. The minimum absolute atomic E-state index is 0.0475. The second-order valence-corrected chi connectivity index (χ2v) is 6.40. The summed E-state index contributed by atoms with van der Waals surface area (Å²) in [5, 5.41) is 4.17. The molecule has 1 aliphatic heterocycles.